The summed E-state index contributed by atoms with van der Waals surface area (Å²) in [5, 5.41) is 13.2. The molecule has 3 saturated heterocycles. The Labute approximate surface area is 182 Å². The van der Waals surface area contributed by atoms with Crippen LogP contribution < -0.4 is 5.32 Å². The molecule has 4 aliphatic rings. The van der Waals surface area contributed by atoms with Gasteiger partial charge in [0.05, 0.1) is 35.8 Å². The number of ether oxygens (including phenoxy) is 1. The molecule has 0 aromatic rings. The molecule has 3 aliphatic heterocycles. The first-order valence-corrected chi connectivity index (χ1v) is 12.4. The van der Waals surface area contributed by atoms with Crippen LogP contribution in [0.5, 0.6) is 0 Å². The lowest BCUT2D eigenvalue weighted by atomic mass is 9.71. The lowest BCUT2D eigenvalue weighted by molar-refractivity contribution is -0.154. The highest BCUT2D eigenvalue weighted by molar-refractivity contribution is 8.02. The van der Waals surface area contributed by atoms with Gasteiger partial charge in [0.2, 0.25) is 11.8 Å². The Balaban J connectivity index is 1.68. The molecule has 0 radical (unpaired) electrons. The normalized spacial score (nSPS) is 36.6. The SMILES string of the molecule is CCOC(=O)[C@@H]1[C@@H]2CCC3(S2)C(C(=O)NC2CCCCC2)N([C@@H](CC)CO)C(=O)[C@H]13. The van der Waals surface area contributed by atoms with Crippen LogP contribution in [0.1, 0.15) is 65.2 Å². The maximum Gasteiger partial charge on any atom is 0.310 e. The van der Waals surface area contributed by atoms with E-state index in [1.165, 1.54) is 6.42 Å². The molecule has 7 nitrogen and oxygen atoms in total. The van der Waals surface area contributed by atoms with Gasteiger partial charge in [-0.2, -0.15) is 0 Å². The van der Waals surface area contributed by atoms with Gasteiger partial charge in [0.1, 0.15) is 6.04 Å². The summed E-state index contributed by atoms with van der Waals surface area (Å²) in [6, 6.07) is -0.900. The Morgan fingerprint density at radius 3 is 2.63 bits per heavy atom. The van der Waals surface area contributed by atoms with Crippen molar-refractivity contribution in [3.63, 3.8) is 0 Å². The molecule has 0 aromatic carbocycles. The van der Waals surface area contributed by atoms with Crippen LogP contribution >= 0.6 is 11.8 Å². The van der Waals surface area contributed by atoms with E-state index in [9.17, 15) is 19.5 Å². The lowest BCUT2D eigenvalue weighted by Gasteiger charge is -2.38. The van der Waals surface area contributed by atoms with Gasteiger partial charge in [0.15, 0.2) is 0 Å². The number of esters is 1. The molecule has 1 saturated carbocycles. The van der Waals surface area contributed by atoms with Gasteiger partial charge in [-0.05, 0) is 39.0 Å². The molecular weight excluding hydrogens is 404 g/mol. The summed E-state index contributed by atoms with van der Waals surface area (Å²) in [5.74, 6) is -1.62. The molecule has 2 N–H and O–H groups in total. The fourth-order valence-corrected chi connectivity index (χ4v) is 8.42. The Morgan fingerprint density at radius 2 is 2.00 bits per heavy atom. The fourth-order valence-electron chi connectivity index (χ4n) is 6.23. The van der Waals surface area contributed by atoms with E-state index in [-0.39, 0.29) is 42.3 Å². The zero-order chi connectivity index (χ0) is 21.5. The second kappa shape index (κ2) is 8.69. The summed E-state index contributed by atoms with van der Waals surface area (Å²) < 4.78 is 4.73. The molecule has 2 unspecified atom stereocenters. The molecule has 0 aromatic heterocycles. The van der Waals surface area contributed by atoms with Gasteiger partial charge < -0.3 is 20.1 Å². The summed E-state index contributed by atoms with van der Waals surface area (Å²) in [4.78, 5) is 41.7. The van der Waals surface area contributed by atoms with E-state index in [0.717, 1.165) is 38.5 Å². The number of likely N-dealkylation sites (tertiary alicyclic amines) is 1. The minimum Gasteiger partial charge on any atom is -0.466 e. The van der Waals surface area contributed by atoms with E-state index in [0.29, 0.717) is 6.42 Å². The molecule has 1 spiro atoms. The first-order chi connectivity index (χ1) is 14.5. The van der Waals surface area contributed by atoms with Crippen molar-refractivity contribution >= 4 is 29.5 Å². The third-order valence-electron chi connectivity index (χ3n) is 7.57. The molecule has 6 atom stereocenters. The van der Waals surface area contributed by atoms with Crippen LogP contribution in [-0.2, 0) is 19.1 Å². The van der Waals surface area contributed by atoms with E-state index in [1.54, 1.807) is 23.6 Å². The predicted molar refractivity (Wildman–Crippen MR) is 114 cm³/mol. The van der Waals surface area contributed by atoms with Crippen molar-refractivity contribution in [3.8, 4) is 0 Å². The van der Waals surface area contributed by atoms with Gasteiger partial charge in [-0.15, -0.1) is 11.8 Å². The first kappa shape index (κ1) is 21.9. The molecule has 8 heteroatoms. The van der Waals surface area contributed by atoms with E-state index in [2.05, 4.69) is 5.32 Å². The van der Waals surface area contributed by atoms with Gasteiger partial charge in [-0.3, -0.25) is 14.4 Å². The largest absolute Gasteiger partial charge is 0.466 e. The zero-order valence-corrected chi connectivity index (χ0v) is 18.8. The standard InChI is InChI=1S/C22H34N2O5S/c1-3-14(12-25)24-18(19(26)23-13-8-6-5-7-9-13)22-11-10-15(30-22)16(17(22)20(24)27)21(28)29-4-2/h13-18,25H,3-12H2,1-2H3,(H,23,26)/t14-,15-,16+,17-,18?,22?/m0/s1. The first-order valence-electron chi connectivity index (χ1n) is 11.6. The van der Waals surface area contributed by atoms with Crippen molar-refractivity contribution in [2.45, 2.75) is 93.3 Å². The van der Waals surface area contributed by atoms with Crippen LogP contribution in [0.15, 0.2) is 0 Å². The van der Waals surface area contributed by atoms with Crippen molar-refractivity contribution in [2.75, 3.05) is 13.2 Å². The average Bonchev–Trinajstić information content (AvgIpc) is 3.38. The minimum absolute atomic E-state index is 0.0272. The third-order valence-corrected chi connectivity index (χ3v) is 9.52. The number of aliphatic hydroxyl groups excluding tert-OH is 1. The Kier molecular flexibility index (Phi) is 6.35. The molecule has 2 amide bonds. The minimum atomic E-state index is -0.636. The Hall–Kier alpha value is -1.28. The molecule has 4 rings (SSSR count). The number of hydrogen-bond acceptors (Lipinski definition) is 6. The van der Waals surface area contributed by atoms with Crippen LogP contribution in [-0.4, -0.2) is 69.1 Å². The predicted octanol–water partition coefficient (Wildman–Crippen LogP) is 1.86. The number of thioether (sulfide) groups is 1. The maximum atomic E-state index is 13.7. The molecule has 3 heterocycles. The number of nitrogens with zero attached hydrogens (tertiary/aromatic N) is 1. The number of fused-ring (bicyclic) bond motifs is 1. The van der Waals surface area contributed by atoms with Crippen molar-refractivity contribution in [1.82, 2.24) is 10.2 Å². The van der Waals surface area contributed by atoms with Crippen LogP contribution in [0.25, 0.3) is 0 Å². The molecule has 168 valence electrons. The van der Waals surface area contributed by atoms with E-state index < -0.39 is 28.7 Å². The molecule has 4 fully saturated rings. The highest BCUT2D eigenvalue weighted by Crippen LogP contribution is 2.66. The molecular formula is C22H34N2O5S. The van der Waals surface area contributed by atoms with Crippen molar-refractivity contribution < 1.29 is 24.2 Å². The van der Waals surface area contributed by atoms with Crippen molar-refractivity contribution in [2.24, 2.45) is 11.8 Å². The average molecular weight is 439 g/mol. The molecule has 2 bridgehead atoms. The summed E-state index contributed by atoms with van der Waals surface area (Å²) in [6.45, 7) is 3.79. The quantitative estimate of drug-likeness (QED) is 0.589. The Morgan fingerprint density at radius 1 is 1.27 bits per heavy atom. The third kappa shape index (κ3) is 3.34. The number of nitrogens with one attached hydrogen (secondary N) is 1. The second-order valence-corrected chi connectivity index (χ2v) is 10.7. The van der Waals surface area contributed by atoms with Crippen LogP contribution in [0, 0.1) is 11.8 Å². The number of hydrogen-bond donors (Lipinski definition) is 2. The number of aliphatic hydroxyl groups is 1. The van der Waals surface area contributed by atoms with E-state index >= 15 is 0 Å². The molecule has 30 heavy (non-hydrogen) atoms. The number of rotatable bonds is 7. The van der Waals surface area contributed by atoms with Gasteiger partial charge in [0, 0.05) is 11.3 Å². The number of carbonyl (C=O) groups is 3. The number of amides is 2. The van der Waals surface area contributed by atoms with Gasteiger partial charge in [-0.25, -0.2) is 0 Å². The smallest absolute Gasteiger partial charge is 0.310 e. The van der Waals surface area contributed by atoms with Crippen molar-refractivity contribution in [1.29, 1.82) is 0 Å². The number of carbonyl (C=O) groups excluding carboxylic acids is 3. The highest BCUT2D eigenvalue weighted by atomic mass is 32.2. The monoisotopic (exact) mass is 438 g/mol. The summed E-state index contributed by atoms with van der Waals surface area (Å²) >= 11 is 1.65. The van der Waals surface area contributed by atoms with E-state index in [1.807, 2.05) is 6.92 Å². The van der Waals surface area contributed by atoms with Crippen LogP contribution in [0.2, 0.25) is 0 Å². The van der Waals surface area contributed by atoms with Gasteiger partial charge in [0.25, 0.3) is 0 Å². The zero-order valence-electron chi connectivity index (χ0n) is 18.0. The maximum absolute atomic E-state index is 13.7. The summed E-state index contributed by atoms with van der Waals surface area (Å²) in [6.07, 6.45) is 7.50. The van der Waals surface area contributed by atoms with Crippen molar-refractivity contribution in [3.05, 3.63) is 0 Å². The summed E-state index contributed by atoms with van der Waals surface area (Å²) in [5.41, 5.74) is 0. The Bertz CT molecular complexity index is 693. The topological polar surface area (TPSA) is 95.9 Å². The van der Waals surface area contributed by atoms with Gasteiger partial charge >= 0.3 is 5.97 Å². The van der Waals surface area contributed by atoms with Crippen LogP contribution in [0.3, 0.4) is 0 Å². The fraction of sp³-hybridized carbons (Fsp3) is 0.864. The second-order valence-electron chi connectivity index (χ2n) is 9.14. The summed E-state index contributed by atoms with van der Waals surface area (Å²) in [7, 11) is 0. The van der Waals surface area contributed by atoms with E-state index in [4.69, 9.17) is 4.74 Å². The van der Waals surface area contributed by atoms with Crippen LogP contribution in [0.4, 0.5) is 0 Å². The molecule has 1 aliphatic carbocycles. The highest BCUT2D eigenvalue weighted by Gasteiger charge is 2.74. The lowest BCUT2D eigenvalue weighted by Crippen LogP contribution is -2.58. The van der Waals surface area contributed by atoms with Gasteiger partial charge in [-0.1, -0.05) is 26.2 Å².